The molecule has 0 aliphatic heterocycles. The molecule has 102 valence electrons. The van der Waals surface area contributed by atoms with Gasteiger partial charge >= 0.3 is 0 Å². The molecule has 0 aliphatic rings. The summed E-state index contributed by atoms with van der Waals surface area (Å²) in [6, 6.07) is 7.93. The van der Waals surface area contributed by atoms with Gasteiger partial charge in [0.15, 0.2) is 0 Å². The van der Waals surface area contributed by atoms with Gasteiger partial charge < -0.3 is 10.1 Å². The monoisotopic (exact) mass is 295 g/mol. The summed E-state index contributed by atoms with van der Waals surface area (Å²) in [5.74, 6) is 0.871. The second-order valence-electron chi connectivity index (χ2n) is 4.51. The van der Waals surface area contributed by atoms with E-state index in [2.05, 4.69) is 25.2 Å². The van der Waals surface area contributed by atoms with E-state index in [4.69, 9.17) is 16.3 Å². The summed E-state index contributed by atoms with van der Waals surface area (Å²) in [4.78, 5) is 2.74. The molecule has 0 amide bonds. The lowest BCUT2D eigenvalue weighted by atomic mass is 10.2. The van der Waals surface area contributed by atoms with Crippen LogP contribution >= 0.6 is 22.9 Å². The lowest BCUT2D eigenvalue weighted by Gasteiger charge is -2.09. The number of hydrogen-bond acceptors (Lipinski definition) is 3. The van der Waals surface area contributed by atoms with Gasteiger partial charge in [0.2, 0.25) is 0 Å². The lowest BCUT2D eigenvalue weighted by molar-refractivity contribution is 0.407. The van der Waals surface area contributed by atoms with Gasteiger partial charge in [0, 0.05) is 33.4 Å². The highest BCUT2D eigenvalue weighted by Gasteiger charge is 2.05. The summed E-state index contributed by atoms with van der Waals surface area (Å²) in [7, 11) is 1.68. The van der Waals surface area contributed by atoms with Gasteiger partial charge in [0.1, 0.15) is 5.75 Å². The van der Waals surface area contributed by atoms with Gasteiger partial charge in [-0.2, -0.15) is 0 Å². The van der Waals surface area contributed by atoms with Crippen LogP contribution in [-0.2, 0) is 13.1 Å². The molecule has 0 atom stereocenters. The molecule has 2 rings (SSSR count). The van der Waals surface area contributed by atoms with Gasteiger partial charge in [0.05, 0.1) is 7.11 Å². The van der Waals surface area contributed by atoms with Crippen LogP contribution in [0, 0.1) is 13.8 Å². The Balaban J connectivity index is 1.97. The molecule has 0 spiro atoms. The van der Waals surface area contributed by atoms with E-state index in [1.54, 1.807) is 7.11 Å². The fourth-order valence-electron chi connectivity index (χ4n) is 1.94. The molecule has 1 aromatic carbocycles. The lowest BCUT2D eigenvalue weighted by Crippen LogP contribution is -2.12. The van der Waals surface area contributed by atoms with E-state index in [0.717, 1.165) is 29.4 Å². The third-order valence-electron chi connectivity index (χ3n) is 3.07. The van der Waals surface area contributed by atoms with E-state index in [1.165, 1.54) is 15.3 Å². The highest BCUT2D eigenvalue weighted by atomic mass is 35.5. The minimum atomic E-state index is 0.736. The van der Waals surface area contributed by atoms with Gasteiger partial charge in [-0.1, -0.05) is 11.6 Å². The molecular formula is C15H18ClNOS. The van der Waals surface area contributed by atoms with Crippen molar-refractivity contribution in [3.8, 4) is 5.75 Å². The highest BCUT2D eigenvalue weighted by Crippen LogP contribution is 2.23. The largest absolute Gasteiger partial charge is 0.496 e. The van der Waals surface area contributed by atoms with Crippen molar-refractivity contribution in [3.05, 3.63) is 50.2 Å². The summed E-state index contributed by atoms with van der Waals surface area (Å²) in [6.07, 6.45) is 0. The number of benzene rings is 1. The van der Waals surface area contributed by atoms with Gasteiger partial charge in [-0.05, 0) is 43.7 Å². The average Bonchev–Trinajstić information content (AvgIpc) is 2.69. The first-order chi connectivity index (χ1) is 9.10. The molecule has 0 saturated heterocycles. The predicted octanol–water partition coefficient (Wildman–Crippen LogP) is 4.32. The Labute approximate surface area is 123 Å². The number of aryl methyl sites for hydroxylation is 2. The fraction of sp³-hybridized carbons (Fsp3) is 0.333. The van der Waals surface area contributed by atoms with Gasteiger partial charge in [-0.25, -0.2) is 0 Å². The van der Waals surface area contributed by atoms with Crippen molar-refractivity contribution in [2.75, 3.05) is 7.11 Å². The molecule has 2 aromatic rings. The number of hydrogen-bond donors (Lipinski definition) is 1. The van der Waals surface area contributed by atoms with Gasteiger partial charge in [-0.15, -0.1) is 11.3 Å². The van der Waals surface area contributed by atoms with Crippen LogP contribution < -0.4 is 10.1 Å². The molecule has 2 nitrogen and oxygen atoms in total. The van der Waals surface area contributed by atoms with Gasteiger partial charge in [0.25, 0.3) is 0 Å². The normalized spacial score (nSPS) is 10.7. The molecule has 1 N–H and O–H groups in total. The Bertz CT molecular complexity index is 546. The second kappa shape index (κ2) is 6.42. The first-order valence-electron chi connectivity index (χ1n) is 6.19. The van der Waals surface area contributed by atoms with Crippen LogP contribution in [0.5, 0.6) is 5.75 Å². The first kappa shape index (κ1) is 14.4. The predicted molar refractivity (Wildman–Crippen MR) is 82.3 cm³/mol. The number of nitrogens with one attached hydrogen (secondary N) is 1. The third kappa shape index (κ3) is 3.72. The van der Waals surface area contributed by atoms with Gasteiger partial charge in [-0.3, -0.25) is 0 Å². The Morgan fingerprint density at radius 2 is 2.00 bits per heavy atom. The first-order valence-corrected chi connectivity index (χ1v) is 7.38. The van der Waals surface area contributed by atoms with E-state index < -0.39 is 0 Å². The van der Waals surface area contributed by atoms with Crippen LogP contribution in [0.3, 0.4) is 0 Å². The maximum Gasteiger partial charge on any atom is 0.123 e. The minimum Gasteiger partial charge on any atom is -0.496 e. The Morgan fingerprint density at radius 3 is 2.63 bits per heavy atom. The molecule has 0 bridgehead atoms. The molecule has 0 fully saturated rings. The minimum absolute atomic E-state index is 0.736. The maximum atomic E-state index is 6.01. The number of halogens is 1. The quantitative estimate of drug-likeness (QED) is 0.887. The number of rotatable bonds is 5. The van der Waals surface area contributed by atoms with Crippen molar-refractivity contribution in [3.63, 3.8) is 0 Å². The van der Waals surface area contributed by atoms with Crippen molar-refractivity contribution in [1.82, 2.24) is 5.32 Å². The molecule has 1 heterocycles. The standard InChI is InChI=1S/C15H18ClNOS/c1-10-6-14(19-11(10)2)9-17-8-12-7-13(16)4-5-15(12)18-3/h4-7,17H,8-9H2,1-3H3. The van der Waals surface area contributed by atoms with Crippen LogP contribution in [0.4, 0.5) is 0 Å². The molecule has 0 radical (unpaired) electrons. The van der Waals surface area contributed by atoms with E-state index in [1.807, 2.05) is 29.5 Å². The highest BCUT2D eigenvalue weighted by molar-refractivity contribution is 7.12. The zero-order valence-electron chi connectivity index (χ0n) is 11.4. The summed E-state index contributed by atoms with van der Waals surface area (Å²) >= 11 is 7.86. The number of methoxy groups -OCH3 is 1. The fourth-order valence-corrected chi connectivity index (χ4v) is 3.16. The van der Waals surface area contributed by atoms with Crippen molar-refractivity contribution >= 4 is 22.9 Å². The zero-order chi connectivity index (χ0) is 13.8. The Kier molecular flexibility index (Phi) is 4.86. The van der Waals surface area contributed by atoms with E-state index in [0.29, 0.717) is 0 Å². The molecule has 0 saturated carbocycles. The van der Waals surface area contributed by atoms with Crippen LogP contribution in [0.15, 0.2) is 24.3 Å². The van der Waals surface area contributed by atoms with Crippen molar-refractivity contribution < 1.29 is 4.74 Å². The molecule has 4 heteroatoms. The van der Waals surface area contributed by atoms with Crippen LogP contribution in [0.2, 0.25) is 5.02 Å². The molecule has 1 aromatic heterocycles. The third-order valence-corrected chi connectivity index (χ3v) is 4.46. The Morgan fingerprint density at radius 1 is 1.21 bits per heavy atom. The van der Waals surface area contributed by atoms with Crippen LogP contribution in [0.25, 0.3) is 0 Å². The molecular weight excluding hydrogens is 278 g/mol. The SMILES string of the molecule is COc1ccc(Cl)cc1CNCc1cc(C)c(C)s1. The zero-order valence-corrected chi connectivity index (χ0v) is 13.0. The summed E-state index contributed by atoms with van der Waals surface area (Å²) in [6.45, 7) is 5.92. The molecule has 0 unspecified atom stereocenters. The summed E-state index contributed by atoms with van der Waals surface area (Å²) in [5, 5.41) is 4.17. The smallest absolute Gasteiger partial charge is 0.123 e. The maximum absolute atomic E-state index is 6.01. The second-order valence-corrected chi connectivity index (χ2v) is 6.29. The van der Waals surface area contributed by atoms with E-state index in [-0.39, 0.29) is 0 Å². The Hall–Kier alpha value is -1.03. The van der Waals surface area contributed by atoms with Crippen molar-refractivity contribution in [1.29, 1.82) is 0 Å². The van der Waals surface area contributed by atoms with Crippen molar-refractivity contribution in [2.45, 2.75) is 26.9 Å². The van der Waals surface area contributed by atoms with Crippen LogP contribution in [-0.4, -0.2) is 7.11 Å². The molecule has 19 heavy (non-hydrogen) atoms. The molecule has 0 aliphatic carbocycles. The van der Waals surface area contributed by atoms with Crippen molar-refractivity contribution in [2.24, 2.45) is 0 Å². The summed E-state index contributed by atoms with van der Waals surface area (Å²) in [5.41, 5.74) is 2.45. The summed E-state index contributed by atoms with van der Waals surface area (Å²) < 4.78 is 5.33. The number of ether oxygens (including phenoxy) is 1. The average molecular weight is 296 g/mol. The van der Waals surface area contributed by atoms with E-state index >= 15 is 0 Å². The van der Waals surface area contributed by atoms with E-state index in [9.17, 15) is 0 Å². The number of thiophene rings is 1. The van der Waals surface area contributed by atoms with Crippen LogP contribution in [0.1, 0.15) is 20.9 Å². The topological polar surface area (TPSA) is 21.3 Å².